The number of carbonyl (C=O) groups is 2. The summed E-state index contributed by atoms with van der Waals surface area (Å²) < 4.78 is 27.6. The Labute approximate surface area is 162 Å². The molecule has 2 rings (SSSR count). The van der Waals surface area contributed by atoms with Crippen molar-refractivity contribution in [2.24, 2.45) is 11.7 Å². The molecule has 0 bridgehead atoms. The van der Waals surface area contributed by atoms with Gasteiger partial charge < -0.3 is 16.0 Å². The Hall–Kier alpha value is -2.51. The molecule has 0 radical (unpaired) electrons. The summed E-state index contributed by atoms with van der Waals surface area (Å²) in [4.78, 5) is 26.0. The fraction of sp³-hybridized carbons (Fsp3) is 0.263. The molecule has 2 aromatic rings. The number of amides is 2. The molecule has 0 aliphatic carbocycles. The number of nitrogens with zero attached hydrogens (tertiary/aromatic N) is 1. The molecule has 146 valence electrons. The predicted molar refractivity (Wildman–Crippen MR) is 102 cm³/mol. The second-order valence-electron chi connectivity index (χ2n) is 5.95. The van der Waals surface area contributed by atoms with Gasteiger partial charge in [-0.1, -0.05) is 37.3 Å². The zero-order valence-corrected chi connectivity index (χ0v) is 15.6. The number of nitrogens with one attached hydrogen (secondary N) is 1. The van der Waals surface area contributed by atoms with Crippen LogP contribution in [0.3, 0.4) is 0 Å². The Morgan fingerprint density at radius 3 is 2.26 bits per heavy atom. The van der Waals surface area contributed by atoms with Crippen LogP contribution in [0.5, 0.6) is 0 Å². The molecule has 0 saturated heterocycles. The summed E-state index contributed by atoms with van der Waals surface area (Å²) in [5.74, 6) is -2.53. The first-order valence-corrected chi connectivity index (χ1v) is 8.19. The molecule has 8 heteroatoms. The molecule has 5 nitrogen and oxygen atoms in total. The highest BCUT2D eigenvalue weighted by atomic mass is 35.5. The molecule has 27 heavy (non-hydrogen) atoms. The van der Waals surface area contributed by atoms with Gasteiger partial charge in [-0.25, -0.2) is 8.78 Å². The maximum Gasteiger partial charge on any atom is 0.244 e. The lowest BCUT2D eigenvalue weighted by molar-refractivity contribution is -0.138. The van der Waals surface area contributed by atoms with E-state index < -0.39 is 23.5 Å². The maximum absolute atomic E-state index is 13.9. The zero-order valence-electron chi connectivity index (χ0n) is 14.8. The summed E-state index contributed by atoms with van der Waals surface area (Å²) in [7, 11) is 0. The van der Waals surface area contributed by atoms with Crippen LogP contribution >= 0.6 is 12.4 Å². The number of hydrogen-bond donors (Lipinski definition) is 2. The van der Waals surface area contributed by atoms with Gasteiger partial charge in [0.15, 0.2) is 0 Å². The van der Waals surface area contributed by atoms with Crippen LogP contribution in [0.15, 0.2) is 48.5 Å². The van der Waals surface area contributed by atoms with E-state index in [0.717, 1.165) is 0 Å². The third-order valence-electron chi connectivity index (χ3n) is 3.89. The van der Waals surface area contributed by atoms with Crippen molar-refractivity contribution in [1.82, 2.24) is 4.90 Å². The monoisotopic (exact) mass is 397 g/mol. The molecular weight excluding hydrogens is 376 g/mol. The second-order valence-corrected chi connectivity index (χ2v) is 5.95. The molecule has 0 aliphatic rings. The highest BCUT2D eigenvalue weighted by molar-refractivity contribution is 5.94. The number of benzene rings is 2. The first kappa shape index (κ1) is 22.5. The average Bonchev–Trinajstić information content (AvgIpc) is 2.63. The van der Waals surface area contributed by atoms with E-state index in [4.69, 9.17) is 5.73 Å². The van der Waals surface area contributed by atoms with Crippen molar-refractivity contribution < 1.29 is 18.4 Å². The minimum Gasteiger partial charge on any atom is -0.330 e. The van der Waals surface area contributed by atoms with Crippen LogP contribution in [0.25, 0.3) is 0 Å². The van der Waals surface area contributed by atoms with E-state index in [1.807, 2.05) is 0 Å². The largest absolute Gasteiger partial charge is 0.330 e. The van der Waals surface area contributed by atoms with E-state index in [2.05, 4.69) is 5.32 Å². The van der Waals surface area contributed by atoms with Gasteiger partial charge >= 0.3 is 0 Å². The van der Waals surface area contributed by atoms with Crippen molar-refractivity contribution in [3.8, 4) is 0 Å². The van der Waals surface area contributed by atoms with Gasteiger partial charge in [0.05, 0.1) is 5.69 Å². The highest BCUT2D eigenvalue weighted by Crippen LogP contribution is 2.15. The van der Waals surface area contributed by atoms with E-state index in [1.54, 1.807) is 25.1 Å². The summed E-state index contributed by atoms with van der Waals surface area (Å²) >= 11 is 0. The van der Waals surface area contributed by atoms with Gasteiger partial charge in [-0.05, 0) is 18.2 Å². The summed E-state index contributed by atoms with van der Waals surface area (Å²) in [5.41, 5.74) is 5.83. The fourth-order valence-corrected chi connectivity index (χ4v) is 2.38. The van der Waals surface area contributed by atoms with E-state index in [9.17, 15) is 18.4 Å². The van der Waals surface area contributed by atoms with Crippen LogP contribution in [-0.2, 0) is 16.1 Å². The molecule has 2 amide bonds. The number of para-hydroxylation sites is 1. The van der Waals surface area contributed by atoms with E-state index in [1.165, 1.54) is 35.2 Å². The van der Waals surface area contributed by atoms with Crippen molar-refractivity contribution in [2.45, 2.75) is 13.5 Å². The number of anilines is 1. The maximum atomic E-state index is 13.9. The number of rotatable bonds is 7. The van der Waals surface area contributed by atoms with Crippen LogP contribution in [0, 0.1) is 17.6 Å². The first-order valence-electron chi connectivity index (χ1n) is 8.19. The minimum atomic E-state index is -0.580. The minimum absolute atomic E-state index is 0. The Morgan fingerprint density at radius 2 is 1.67 bits per heavy atom. The molecule has 0 spiro atoms. The lowest BCUT2D eigenvalue weighted by Crippen LogP contribution is -2.42. The normalized spacial score (nSPS) is 11.3. The predicted octanol–water partition coefficient (Wildman–Crippen LogP) is 2.95. The quantitative estimate of drug-likeness (QED) is 0.754. The van der Waals surface area contributed by atoms with Gasteiger partial charge in [-0.15, -0.1) is 12.4 Å². The Kier molecular flexibility index (Phi) is 8.84. The topological polar surface area (TPSA) is 75.4 Å². The zero-order chi connectivity index (χ0) is 19.1. The summed E-state index contributed by atoms with van der Waals surface area (Å²) in [6.07, 6.45) is 0. The van der Waals surface area contributed by atoms with Gasteiger partial charge in [0.2, 0.25) is 11.8 Å². The number of carbonyl (C=O) groups excluding carboxylic acids is 2. The van der Waals surface area contributed by atoms with E-state index in [0.29, 0.717) is 0 Å². The van der Waals surface area contributed by atoms with Crippen LogP contribution in [0.4, 0.5) is 14.5 Å². The lowest BCUT2D eigenvalue weighted by Gasteiger charge is -2.25. The molecule has 0 heterocycles. The van der Waals surface area contributed by atoms with Gasteiger partial charge in [0, 0.05) is 24.6 Å². The highest BCUT2D eigenvalue weighted by Gasteiger charge is 2.23. The number of hydrogen-bond acceptors (Lipinski definition) is 3. The average molecular weight is 398 g/mol. The summed E-state index contributed by atoms with van der Waals surface area (Å²) in [6.45, 7) is 1.30. The second kappa shape index (κ2) is 10.6. The number of nitrogens with two attached hydrogens (primary N) is 1. The number of halogens is 3. The molecule has 1 atom stereocenters. The van der Waals surface area contributed by atoms with Crippen molar-refractivity contribution >= 4 is 29.9 Å². The SMILES string of the molecule is CC(CN)C(=O)N(CC(=O)Nc1ccccc1F)Cc1ccccc1F.Cl. The Balaban J connectivity index is 0.00000364. The fourth-order valence-electron chi connectivity index (χ4n) is 2.38. The Morgan fingerprint density at radius 1 is 1.07 bits per heavy atom. The van der Waals surface area contributed by atoms with E-state index >= 15 is 0 Å². The van der Waals surface area contributed by atoms with Gasteiger partial charge in [-0.2, -0.15) is 0 Å². The molecule has 0 saturated carbocycles. The van der Waals surface area contributed by atoms with Crippen LogP contribution < -0.4 is 11.1 Å². The molecule has 0 aromatic heterocycles. The first-order chi connectivity index (χ1) is 12.4. The third-order valence-corrected chi connectivity index (χ3v) is 3.89. The Bertz CT molecular complexity index is 789. The van der Waals surface area contributed by atoms with Gasteiger partial charge in [0.25, 0.3) is 0 Å². The molecule has 0 aliphatic heterocycles. The van der Waals surface area contributed by atoms with Gasteiger partial charge in [0.1, 0.15) is 18.2 Å². The molecule has 1 unspecified atom stereocenters. The van der Waals surface area contributed by atoms with Crippen LogP contribution in [-0.4, -0.2) is 29.8 Å². The van der Waals surface area contributed by atoms with Crippen LogP contribution in [0.1, 0.15) is 12.5 Å². The summed E-state index contributed by atoms with van der Waals surface area (Å²) in [5, 5.41) is 2.42. The lowest BCUT2D eigenvalue weighted by atomic mass is 10.1. The molecule has 2 aromatic carbocycles. The molecule has 0 fully saturated rings. The van der Waals surface area contributed by atoms with Crippen molar-refractivity contribution in [3.63, 3.8) is 0 Å². The van der Waals surface area contributed by atoms with Crippen LogP contribution in [0.2, 0.25) is 0 Å². The van der Waals surface area contributed by atoms with Crippen molar-refractivity contribution in [1.29, 1.82) is 0 Å². The van der Waals surface area contributed by atoms with Crippen molar-refractivity contribution in [3.05, 3.63) is 65.7 Å². The third kappa shape index (κ3) is 6.30. The standard InChI is InChI=1S/C19H21F2N3O2.ClH/c1-13(10-22)19(26)24(11-14-6-2-3-7-15(14)20)12-18(25)23-17-9-5-4-8-16(17)21;/h2-9,13H,10-12,22H2,1H3,(H,23,25);1H. The van der Waals surface area contributed by atoms with Crippen molar-refractivity contribution in [2.75, 3.05) is 18.4 Å². The van der Waals surface area contributed by atoms with Gasteiger partial charge in [-0.3, -0.25) is 9.59 Å². The smallest absolute Gasteiger partial charge is 0.244 e. The molecule has 3 N–H and O–H groups in total. The molecular formula is C19H22ClF2N3O2. The van der Waals surface area contributed by atoms with E-state index in [-0.39, 0.29) is 49.2 Å². The summed E-state index contributed by atoms with van der Waals surface area (Å²) in [6, 6.07) is 11.7.